The molecule has 0 heterocycles. The van der Waals surface area contributed by atoms with Crippen LogP contribution in [-0.4, -0.2) is 43.6 Å². The topological polar surface area (TPSA) is 93.7 Å². The third-order valence-electron chi connectivity index (χ3n) is 5.08. The van der Waals surface area contributed by atoms with Gasteiger partial charge in [0.15, 0.2) is 6.10 Å². The molecule has 7 nitrogen and oxygen atoms in total. The van der Waals surface area contributed by atoms with Crippen LogP contribution in [0.1, 0.15) is 69.2 Å². The molecule has 1 aliphatic carbocycles. The second-order valence-electron chi connectivity index (χ2n) is 7.69. The molecule has 2 rings (SSSR count). The number of hydrogen-bond acceptors (Lipinski definition) is 5. The third kappa shape index (κ3) is 9.24. The highest BCUT2D eigenvalue weighted by Gasteiger charge is 2.18. The molecule has 1 atom stereocenters. The molecule has 0 saturated heterocycles. The van der Waals surface area contributed by atoms with Crippen molar-refractivity contribution in [2.45, 2.75) is 64.9 Å². The van der Waals surface area contributed by atoms with Gasteiger partial charge in [-0.15, -0.1) is 0 Å². The summed E-state index contributed by atoms with van der Waals surface area (Å²) in [5.74, 6) is -0.695. The fourth-order valence-electron chi connectivity index (χ4n) is 3.21. The lowest BCUT2D eigenvalue weighted by atomic mass is 9.97. The van der Waals surface area contributed by atoms with E-state index in [-0.39, 0.29) is 12.5 Å². The van der Waals surface area contributed by atoms with E-state index in [2.05, 4.69) is 23.6 Å². The number of amides is 2. The van der Waals surface area contributed by atoms with Crippen LogP contribution in [0.3, 0.4) is 0 Å². The summed E-state index contributed by atoms with van der Waals surface area (Å²) in [6, 6.07) is 6.72. The summed E-state index contributed by atoms with van der Waals surface area (Å²) >= 11 is 0. The predicted octanol–water partition coefficient (Wildman–Crippen LogP) is 3.53. The molecule has 31 heavy (non-hydrogen) atoms. The Kier molecular flexibility index (Phi) is 10.6. The van der Waals surface area contributed by atoms with Crippen LogP contribution in [0.15, 0.2) is 35.9 Å². The van der Waals surface area contributed by atoms with E-state index < -0.39 is 18.0 Å². The zero-order valence-electron chi connectivity index (χ0n) is 18.6. The summed E-state index contributed by atoms with van der Waals surface area (Å²) in [5.41, 5.74) is 1.79. The van der Waals surface area contributed by atoms with Crippen LogP contribution in [0.25, 0.3) is 0 Å². The first kappa shape index (κ1) is 24.4. The van der Waals surface area contributed by atoms with Crippen LogP contribution >= 0.6 is 0 Å². The van der Waals surface area contributed by atoms with E-state index in [1.165, 1.54) is 25.3 Å². The molecule has 0 aromatic heterocycles. The second-order valence-corrected chi connectivity index (χ2v) is 7.69. The van der Waals surface area contributed by atoms with E-state index in [4.69, 9.17) is 9.47 Å². The molecule has 170 valence electrons. The lowest BCUT2D eigenvalue weighted by molar-refractivity contribution is -0.153. The van der Waals surface area contributed by atoms with Gasteiger partial charge in [-0.25, -0.2) is 0 Å². The molecular formula is C24H34N2O5. The van der Waals surface area contributed by atoms with E-state index in [0.717, 1.165) is 32.1 Å². The molecule has 1 aromatic carbocycles. The van der Waals surface area contributed by atoms with Gasteiger partial charge >= 0.3 is 5.97 Å². The molecule has 0 radical (unpaired) electrons. The highest BCUT2D eigenvalue weighted by molar-refractivity contribution is 5.96. The number of unbranched alkanes of at least 4 members (excludes halogenated alkanes) is 1. The Morgan fingerprint density at radius 3 is 2.55 bits per heavy atom. The molecule has 2 N–H and O–H groups in total. The van der Waals surface area contributed by atoms with Gasteiger partial charge in [-0.2, -0.15) is 0 Å². The monoisotopic (exact) mass is 430 g/mol. The molecule has 1 aromatic rings. The zero-order chi connectivity index (χ0) is 22.5. The normalized spacial score (nSPS) is 14.2. The van der Waals surface area contributed by atoms with Crippen molar-refractivity contribution in [2.24, 2.45) is 0 Å². The Morgan fingerprint density at radius 1 is 1.10 bits per heavy atom. The number of allylic oxidation sites excluding steroid dienone is 1. The van der Waals surface area contributed by atoms with Crippen LogP contribution in [0.5, 0.6) is 5.75 Å². The van der Waals surface area contributed by atoms with Gasteiger partial charge < -0.3 is 20.1 Å². The minimum Gasteiger partial charge on any atom is -0.494 e. The number of nitrogens with one attached hydrogen (secondary N) is 2. The molecule has 0 unspecified atom stereocenters. The van der Waals surface area contributed by atoms with Gasteiger partial charge in [-0.1, -0.05) is 25.0 Å². The molecule has 0 bridgehead atoms. The van der Waals surface area contributed by atoms with Gasteiger partial charge in [0.2, 0.25) is 0 Å². The van der Waals surface area contributed by atoms with Crippen LogP contribution in [0.4, 0.5) is 0 Å². The summed E-state index contributed by atoms with van der Waals surface area (Å²) in [6.45, 7) is 4.47. The summed E-state index contributed by atoms with van der Waals surface area (Å²) in [7, 11) is 0. The van der Waals surface area contributed by atoms with Gasteiger partial charge in [0.05, 0.1) is 6.61 Å². The van der Waals surface area contributed by atoms with Crippen LogP contribution in [0, 0.1) is 0 Å². The minimum atomic E-state index is -0.913. The van der Waals surface area contributed by atoms with E-state index in [1.807, 2.05) is 0 Å². The number of carbonyl (C=O) groups excluding carboxylic acids is 3. The van der Waals surface area contributed by atoms with Crippen molar-refractivity contribution in [3.05, 3.63) is 41.5 Å². The van der Waals surface area contributed by atoms with Crippen LogP contribution in [-0.2, 0) is 14.3 Å². The zero-order valence-corrected chi connectivity index (χ0v) is 18.6. The fourth-order valence-corrected chi connectivity index (χ4v) is 3.21. The van der Waals surface area contributed by atoms with Crippen LogP contribution in [0.2, 0.25) is 0 Å². The number of ether oxygens (including phenoxy) is 2. The van der Waals surface area contributed by atoms with Crippen LogP contribution < -0.4 is 15.4 Å². The first-order valence-corrected chi connectivity index (χ1v) is 11.2. The van der Waals surface area contributed by atoms with Gasteiger partial charge in [0.1, 0.15) is 12.3 Å². The van der Waals surface area contributed by atoms with Crippen molar-refractivity contribution >= 4 is 17.8 Å². The van der Waals surface area contributed by atoms with Gasteiger partial charge in [0.25, 0.3) is 11.8 Å². The van der Waals surface area contributed by atoms with Gasteiger partial charge in [-0.3, -0.25) is 14.4 Å². The average molecular weight is 431 g/mol. The number of esters is 1. The summed E-state index contributed by atoms with van der Waals surface area (Å²) in [6.07, 6.45) is 8.82. The maximum absolute atomic E-state index is 12.2. The Morgan fingerprint density at radius 2 is 1.87 bits per heavy atom. The van der Waals surface area contributed by atoms with E-state index in [9.17, 15) is 14.4 Å². The maximum Gasteiger partial charge on any atom is 0.326 e. The van der Waals surface area contributed by atoms with Crippen molar-refractivity contribution < 1.29 is 23.9 Å². The average Bonchev–Trinajstić information content (AvgIpc) is 2.78. The largest absolute Gasteiger partial charge is 0.494 e. The number of carbonyl (C=O) groups is 3. The highest BCUT2D eigenvalue weighted by atomic mass is 16.5. The quantitative estimate of drug-likeness (QED) is 0.301. The SMILES string of the molecule is CCCCOc1ccc(C(=O)NCC(=O)O[C@H](C)C(=O)NCCC2=CCCCC2)cc1. The van der Waals surface area contributed by atoms with Crippen molar-refractivity contribution in [2.75, 3.05) is 19.7 Å². The molecule has 0 saturated carbocycles. The Balaban J connectivity index is 1.65. The third-order valence-corrected chi connectivity index (χ3v) is 5.08. The number of benzene rings is 1. The van der Waals surface area contributed by atoms with Crippen molar-refractivity contribution in [3.63, 3.8) is 0 Å². The maximum atomic E-state index is 12.2. The van der Waals surface area contributed by atoms with Crippen molar-refractivity contribution in [1.29, 1.82) is 0 Å². The minimum absolute atomic E-state index is 0.307. The Labute approximate surface area is 184 Å². The second kappa shape index (κ2) is 13.5. The molecule has 7 heteroatoms. The predicted molar refractivity (Wildman–Crippen MR) is 119 cm³/mol. The molecule has 0 spiro atoms. The standard InChI is InChI=1S/C24H34N2O5/c1-3-4-16-30-21-12-10-20(11-13-21)24(29)26-17-22(27)31-18(2)23(28)25-15-14-19-8-6-5-7-9-19/h8,10-13,18H,3-7,9,14-17H2,1-2H3,(H,25,28)(H,26,29)/t18-/m1/s1. The summed E-state index contributed by atoms with van der Waals surface area (Å²) < 4.78 is 10.7. The van der Waals surface area contributed by atoms with E-state index in [0.29, 0.717) is 24.5 Å². The highest BCUT2D eigenvalue weighted by Crippen LogP contribution is 2.19. The summed E-state index contributed by atoms with van der Waals surface area (Å²) in [4.78, 5) is 36.3. The van der Waals surface area contributed by atoms with Gasteiger partial charge in [0, 0.05) is 12.1 Å². The molecule has 1 aliphatic rings. The van der Waals surface area contributed by atoms with E-state index in [1.54, 1.807) is 24.3 Å². The molecule has 2 amide bonds. The van der Waals surface area contributed by atoms with Gasteiger partial charge in [-0.05, 0) is 69.7 Å². The first-order chi connectivity index (χ1) is 15.0. The lowest BCUT2D eigenvalue weighted by Gasteiger charge is -2.16. The Hall–Kier alpha value is -2.83. The van der Waals surface area contributed by atoms with E-state index >= 15 is 0 Å². The fraction of sp³-hybridized carbons (Fsp3) is 0.542. The number of rotatable bonds is 12. The lowest BCUT2D eigenvalue weighted by Crippen LogP contribution is -2.39. The van der Waals surface area contributed by atoms with Crippen molar-refractivity contribution in [3.8, 4) is 5.75 Å². The Bertz CT molecular complexity index is 758. The van der Waals surface area contributed by atoms with Crippen molar-refractivity contribution in [1.82, 2.24) is 10.6 Å². The smallest absolute Gasteiger partial charge is 0.326 e. The molecule has 0 aliphatic heterocycles. The summed E-state index contributed by atoms with van der Waals surface area (Å²) in [5, 5.41) is 5.30. The molecular weight excluding hydrogens is 396 g/mol. The number of hydrogen-bond donors (Lipinski definition) is 2. The first-order valence-electron chi connectivity index (χ1n) is 11.2. The molecule has 0 fully saturated rings.